The van der Waals surface area contributed by atoms with Crippen LogP contribution < -0.4 is 20.7 Å². The molecule has 3 heterocycles. The summed E-state index contributed by atoms with van der Waals surface area (Å²) < 4.78 is 12.1. The predicted octanol–water partition coefficient (Wildman–Crippen LogP) is 5.41. The number of imide groups is 1. The summed E-state index contributed by atoms with van der Waals surface area (Å²) in [5.74, 6) is 2.43. The Kier molecular flexibility index (Phi) is 11.2. The number of anilines is 1. The molecule has 0 aromatic heterocycles. The first-order valence-electron chi connectivity index (χ1n) is 19.9. The van der Waals surface area contributed by atoms with Crippen LogP contribution in [0.15, 0.2) is 133 Å². The van der Waals surface area contributed by atoms with Crippen LogP contribution in [-0.2, 0) is 24.5 Å². The van der Waals surface area contributed by atoms with Gasteiger partial charge in [0.15, 0.2) is 0 Å². The number of aliphatic hydroxyl groups excluding tert-OH is 2. The molecular weight excluding hydrogens is 761 g/mol. The summed E-state index contributed by atoms with van der Waals surface area (Å²) >= 11 is 0. The van der Waals surface area contributed by atoms with E-state index in [0.717, 1.165) is 16.0 Å². The van der Waals surface area contributed by atoms with Crippen LogP contribution in [0, 0.1) is 17.8 Å². The Labute approximate surface area is 347 Å². The molecule has 12 heteroatoms. The van der Waals surface area contributed by atoms with Gasteiger partial charge in [-0.1, -0.05) is 115 Å². The zero-order valence-electron chi connectivity index (χ0n) is 32.8. The minimum atomic E-state index is -2.00. The molecule has 12 nitrogen and oxygen atoms in total. The number of amides is 4. The van der Waals surface area contributed by atoms with E-state index in [1.165, 1.54) is 0 Å². The van der Waals surface area contributed by atoms with E-state index in [1.54, 1.807) is 49.4 Å². The molecule has 2 fully saturated rings. The topological polar surface area (TPSA) is 172 Å². The van der Waals surface area contributed by atoms with E-state index in [2.05, 4.69) is 17.2 Å². The maximum Gasteiger partial charge on any atom is 0.329 e. The SMILES string of the molecule is C[C@@H](NC(=O)N1C(=O)[C@@]2(c3cc(C#CCCO)ccc31)[C@H](c1ccc(OCCO)cc1)N1[C@H](c3ccccc3)[C@H](c3ccccc3)OC(=O)[C@H]1[C@@H]2C(N)=O)c1ccccc1. The number of nitrogens with one attached hydrogen (secondary N) is 1. The number of esters is 1. The zero-order chi connectivity index (χ0) is 42.0. The van der Waals surface area contributed by atoms with Crippen LogP contribution in [0.2, 0.25) is 0 Å². The largest absolute Gasteiger partial charge is 0.491 e. The molecule has 7 atom stereocenters. The van der Waals surface area contributed by atoms with Crippen LogP contribution in [0.3, 0.4) is 0 Å². The fraction of sp³-hybridized carbons (Fsp3) is 0.250. The monoisotopic (exact) mass is 804 g/mol. The third-order valence-electron chi connectivity index (χ3n) is 11.6. The second kappa shape index (κ2) is 16.8. The number of hydrogen-bond donors (Lipinski definition) is 4. The maximum atomic E-state index is 16.0. The second-order valence-electron chi connectivity index (χ2n) is 15.0. The summed E-state index contributed by atoms with van der Waals surface area (Å²) in [5, 5.41) is 22.0. The van der Waals surface area contributed by atoms with Gasteiger partial charge in [-0.2, -0.15) is 0 Å². The molecule has 0 radical (unpaired) electrons. The van der Waals surface area contributed by atoms with Crippen molar-refractivity contribution in [2.75, 3.05) is 24.7 Å². The lowest BCUT2D eigenvalue weighted by atomic mass is 9.65. The van der Waals surface area contributed by atoms with Gasteiger partial charge in [-0.25, -0.2) is 9.69 Å². The average Bonchev–Trinajstić information content (AvgIpc) is 3.73. The molecule has 1 spiro atoms. The number of hydrogen-bond acceptors (Lipinski definition) is 9. The molecular formula is C48H44N4O8. The number of carbonyl (C=O) groups excluding carboxylic acids is 4. The number of benzene rings is 5. The van der Waals surface area contributed by atoms with E-state index in [0.29, 0.717) is 22.4 Å². The zero-order valence-corrected chi connectivity index (χ0v) is 32.8. The molecule has 0 saturated carbocycles. The van der Waals surface area contributed by atoms with E-state index < -0.39 is 65.4 Å². The highest BCUT2D eigenvalue weighted by Crippen LogP contribution is 2.65. The van der Waals surface area contributed by atoms with Gasteiger partial charge in [0.1, 0.15) is 29.9 Å². The van der Waals surface area contributed by atoms with E-state index in [1.807, 2.05) is 95.9 Å². The molecule has 0 bridgehead atoms. The smallest absolute Gasteiger partial charge is 0.329 e. The number of urea groups is 1. The quantitative estimate of drug-likeness (QED) is 0.106. The summed E-state index contributed by atoms with van der Waals surface area (Å²) in [6.07, 6.45) is -0.709. The Balaban J connectivity index is 1.41. The van der Waals surface area contributed by atoms with Gasteiger partial charge in [0.05, 0.1) is 42.9 Å². The van der Waals surface area contributed by atoms with Crippen molar-refractivity contribution >= 4 is 29.5 Å². The average molecular weight is 805 g/mol. The summed E-state index contributed by atoms with van der Waals surface area (Å²) in [7, 11) is 0. The predicted molar refractivity (Wildman–Crippen MR) is 222 cm³/mol. The van der Waals surface area contributed by atoms with Crippen molar-refractivity contribution in [2.45, 2.75) is 49.0 Å². The molecule has 60 heavy (non-hydrogen) atoms. The summed E-state index contributed by atoms with van der Waals surface area (Å²) in [6.45, 7) is 1.48. The Hall–Kier alpha value is -6.78. The van der Waals surface area contributed by atoms with Crippen LogP contribution in [0.25, 0.3) is 0 Å². The summed E-state index contributed by atoms with van der Waals surface area (Å²) in [4.78, 5) is 62.9. The highest BCUT2D eigenvalue weighted by molar-refractivity contribution is 6.24. The van der Waals surface area contributed by atoms with Gasteiger partial charge >= 0.3 is 12.0 Å². The minimum absolute atomic E-state index is 0.0444. The van der Waals surface area contributed by atoms with Crippen LogP contribution >= 0.6 is 0 Å². The Morgan fingerprint density at radius 3 is 2.12 bits per heavy atom. The van der Waals surface area contributed by atoms with Crippen LogP contribution in [0.4, 0.5) is 10.5 Å². The standard InChI is InChI=1S/C48H44N4O8/c1-30(32-14-5-2-6-15-32)50-47(58)51-38-25-20-31(13-11-12-26-53)29-37(38)48(46(51)57)39(44(49)55)41-45(56)60-42(34-18-9-4-10-19-34)40(33-16-7-3-8-17-33)52(41)43(48)35-21-23-36(24-22-35)59-28-27-54/h2-10,14-25,29-30,39-43,53-54H,12,26-28H2,1H3,(H2,49,55)(H,50,58)/t30-,39-,40-,41-,42+,43+,48-/m1/s1. The number of ether oxygens (including phenoxy) is 2. The molecule has 3 aliphatic heterocycles. The Bertz CT molecular complexity index is 2450. The van der Waals surface area contributed by atoms with Gasteiger partial charge < -0.3 is 30.7 Å². The van der Waals surface area contributed by atoms with Crippen molar-refractivity contribution in [3.05, 3.63) is 167 Å². The molecule has 8 rings (SSSR count). The van der Waals surface area contributed by atoms with Crippen molar-refractivity contribution in [2.24, 2.45) is 11.7 Å². The molecule has 4 amide bonds. The molecule has 5 N–H and O–H groups in total. The van der Waals surface area contributed by atoms with E-state index in [4.69, 9.17) is 15.2 Å². The second-order valence-corrected chi connectivity index (χ2v) is 15.0. The number of morpholine rings is 1. The Morgan fingerprint density at radius 1 is 0.833 bits per heavy atom. The molecule has 304 valence electrons. The van der Waals surface area contributed by atoms with Gasteiger partial charge in [0.2, 0.25) is 11.8 Å². The number of carbonyl (C=O) groups is 4. The number of nitrogens with two attached hydrogens (primary N) is 1. The third-order valence-corrected chi connectivity index (χ3v) is 11.6. The first kappa shape index (κ1) is 40.0. The van der Waals surface area contributed by atoms with E-state index in [9.17, 15) is 24.6 Å². The lowest BCUT2D eigenvalue weighted by molar-refractivity contribution is -0.178. The number of primary amides is 1. The number of cyclic esters (lactones) is 1. The summed E-state index contributed by atoms with van der Waals surface area (Å²) in [5.41, 5.74) is 8.17. The lowest BCUT2D eigenvalue weighted by Crippen LogP contribution is -2.55. The van der Waals surface area contributed by atoms with Crippen LogP contribution in [0.1, 0.15) is 71.0 Å². The number of fused-ring (bicyclic) bond motifs is 3. The maximum absolute atomic E-state index is 16.0. The number of rotatable bonds is 10. The first-order chi connectivity index (χ1) is 29.2. The van der Waals surface area contributed by atoms with E-state index in [-0.39, 0.29) is 37.5 Å². The fourth-order valence-corrected chi connectivity index (χ4v) is 9.22. The highest BCUT2D eigenvalue weighted by atomic mass is 16.6. The normalized spacial score (nSPS) is 23.5. The third kappa shape index (κ3) is 6.86. The lowest BCUT2D eigenvalue weighted by Gasteiger charge is -2.46. The van der Waals surface area contributed by atoms with Crippen molar-refractivity contribution in [1.29, 1.82) is 0 Å². The van der Waals surface area contributed by atoms with Gasteiger partial charge in [-0.15, -0.1) is 0 Å². The van der Waals surface area contributed by atoms with Gasteiger partial charge in [0, 0.05) is 12.0 Å². The molecule has 5 aromatic rings. The van der Waals surface area contributed by atoms with Crippen LogP contribution in [-0.4, -0.2) is 64.8 Å². The minimum Gasteiger partial charge on any atom is -0.491 e. The summed E-state index contributed by atoms with van der Waals surface area (Å²) in [6, 6.07) is 35.4. The van der Waals surface area contributed by atoms with Crippen LogP contribution in [0.5, 0.6) is 5.75 Å². The van der Waals surface area contributed by atoms with E-state index >= 15 is 4.79 Å². The fourth-order valence-electron chi connectivity index (χ4n) is 9.22. The Morgan fingerprint density at radius 2 is 1.48 bits per heavy atom. The number of aliphatic hydroxyl groups is 2. The molecule has 5 aromatic carbocycles. The molecule has 2 saturated heterocycles. The van der Waals surface area contributed by atoms with Gasteiger partial charge in [-0.05, 0) is 65.1 Å². The van der Waals surface area contributed by atoms with Crippen molar-refractivity contribution in [3.8, 4) is 17.6 Å². The van der Waals surface area contributed by atoms with Crippen molar-refractivity contribution < 1.29 is 38.9 Å². The number of nitrogens with zero attached hydrogens (tertiary/aromatic N) is 2. The highest BCUT2D eigenvalue weighted by Gasteiger charge is 2.75. The van der Waals surface area contributed by atoms with Crippen molar-refractivity contribution in [3.63, 3.8) is 0 Å². The molecule has 0 aliphatic carbocycles. The first-order valence-corrected chi connectivity index (χ1v) is 19.9. The molecule has 0 unspecified atom stereocenters. The molecule has 3 aliphatic rings. The van der Waals surface area contributed by atoms with Gasteiger partial charge in [-0.3, -0.25) is 19.3 Å². The van der Waals surface area contributed by atoms with Crippen molar-refractivity contribution in [1.82, 2.24) is 10.2 Å². The van der Waals surface area contributed by atoms with Gasteiger partial charge in [0.25, 0.3) is 0 Å².